The molecule has 1 unspecified atom stereocenters. The van der Waals surface area contributed by atoms with Crippen molar-refractivity contribution < 1.29 is 9.53 Å². The quantitative estimate of drug-likeness (QED) is 0.833. The minimum absolute atomic E-state index is 0.102. The second-order valence-corrected chi connectivity index (χ2v) is 7.97. The highest BCUT2D eigenvalue weighted by Crippen LogP contribution is 2.45. The second-order valence-electron chi connectivity index (χ2n) is 7.97. The van der Waals surface area contributed by atoms with E-state index in [9.17, 15) is 4.79 Å². The minimum Gasteiger partial charge on any atom is -0.489 e. The van der Waals surface area contributed by atoms with Crippen LogP contribution in [0.5, 0.6) is 5.75 Å². The number of hydrogen-bond donors (Lipinski definition) is 0. The summed E-state index contributed by atoms with van der Waals surface area (Å²) in [4.78, 5) is 14.2. The Balaban J connectivity index is 1.61. The van der Waals surface area contributed by atoms with Crippen molar-refractivity contribution in [3.8, 4) is 16.9 Å². The van der Waals surface area contributed by atoms with E-state index in [1.807, 2.05) is 11.1 Å². The maximum Gasteiger partial charge on any atom is 0.224 e. The van der Waals surface area contributed by atoms with E-state index in [2.05, 4.69) is 35.0 Å². The molecule has 2 saturated carbocycles. The van der Waals surface area contributed by atoms with Gasteiger partial charge in [0.2, 0.25) is 5.91 Å². The topological polar surface area (TPSA) is 47.4 Å². The Hall–Kier alpha value is -2.30. The Bertz CT molecular complexity index is 864. The molecule has 1 aliphatic heterocycles. The molecule has 0 bridgehead atoms. The number of carbonyl (C=O) groups excluding carboxylic acids is 1. The lowest BCUT2D eigenvalue weighted by Gasteiger charge is -2.36. The van der Waals surface area contributed by atoms with Gasteiger partial charge in [0.05, 0.1) is 24.0 Å². The molecule has 0 spiro atoms. The van der Waals surface area contributed by atoms with E-state index in [4.69, 9.17) is 4.74 Å². The third-order valence-electron chi connectivity index (χ3n) is 5.73. The summed E-state index contributed by atoms with van der Waals surface area (Å²) in [6.45, 7) is 3.78. The zero-order valence-electron chi connectivity index (χ0n) is 15.4. The molecular weight excluding hydrogens is 326 g/mol. The molecule has 5 nitrogen and oxygen atoms in total. The summed E-state index contributed by atoms with van der Waals surface area (Å²) in [7, 11) is 0. The molecule has 1 aromatic heterocycles. The molecule has 0 saturated heterocycles. The maximum absolute atomic E-state index is 12.2. The number of rotatable bonds is 4. The van der Waals surface area contributed by atoms with Crippen molar-refractivity contribution in [3.63, 3.8) is 0 Å². The predicted molar refractivity (Wildman–Crippen MR) is 101 cm³/mol. The number of hydrogen-bond acceptors (Lipinski definition) is 3. The fourth-order valence-electron chi connectivity index (χ4n) is 4.01. The van der Waals surface area contributed by atoms with E-state index in [0.717, 1.165) is 48.2 Å². The normalized spacial score (nSPS) is 22.2. The molecule has 5 heteroatoms. The van der Waals surface area contributed by atoms with Crippen molar-refractivity contribution in [2.75, 3.05) is 4.90 Å². The largest absolute Gasteiger partial charge is 0.489 e. The number of ether oxygens (including phenoxy) is 1. The van der Waals surface area contributed by atoms with Gasteiger partial charge in [0, 0.05) is 35.9 Å². The third kappa shape index (κ3) is 2.70. The molecule has 26 heavy (non-hydrogen) atoms. The molecule has 0 N–H and O–H groups in total. The summed E-state index contributed by atoms with van der Waals surface area (Å²) in [5.41, 5.74) is 4.43. The van der Waals surface area contributed by atoms with Crippen molar-refractivity contribution >= 4 is 11.6 Å². The second kappa shape index (κ2) is 5.86. The molecule has 2 heterocycles. The van der Waals surface area contributed by atoms with Gasteiger partial charge in [0.1, 0.15) is 5.75 Å². The van der Waals surface area contributed by atoms with Gasteiger partial charge in [-0.05, 0) is 57.6 Å². The first-order valence-corrected chi connectivity index (χ1v) is 9.78. The highest BCUT2D eigenvalue weighted by Gasteiger charge is 2.33. The molecule has 2 aromatic rings. The van der Waals surface area contributed by atoms with Gasteiger partial charge in [0.15, 0.2) is 0 Å². The molecular formula is C21H25N3O2. The van der Waals surface area contributed by atoms with Crippen LogP contribution in [0.25, 0.3) is 11.1 Å². The number of aromatic nitrogens is 2. The first kappa shape index (κ1) is 15.9. The fourth-order valence-corrected chi connectivity index (χ4v) is 4.01. The van der Waals surface area contributed by atoms with Crippen molar-refractivity contribution in [3.05, 3.63) is 30.1 Å². The number of nitrogens with zero attached hydrogens (tertiary/aromatic N) is 3. The van der Waals surface area contributed by atoms with Crippen LogP contribution < -0.4 is 9.64 Å². The van der Waals surface area contributed by atoms with E-state index in [0.29, 0.717) is 12.1 Å². The smallest absolute Gasteiger partial charge is 0.224 e. The summed E-state index contributed by atoms with van der Waals surface area (Å²) in [5.74, 6) is 1.07. The summed E-state index contributed by atoms with van der Waals surface area (Å²) in [5, 5.41) is 4.55. The van der Waals surface area contributed by atoms with Gasteiger partial charge in [-0.3, -0.25) is 9.48 Å². The van der Waals surface area contributed by atoms with Crippen molar-refractivity contribution in [2.45, 2.75) is 70.6 Å². The summed E-state index contributed by atoms with van der Waals surface area (Å²) >= 11 is 0. The van der Waals surface area contributed by atoms with Crippen molar-refractivity contribution in [1.82, 2.24) is 9.78 Å². The van der Waals surface area contributed by atoms with Gasteiger partial charge in [-0.25, -0.2) is 0 Å². The molecule has 1 atom stereocenters. The Morgan fingerprint density at radius 1 is 1.19 bits per heavy atom. The average Bonchev–Trinajstić information content (AvgIpc) is 3.55. The van der Waals surface area contributed by atoms with E-state index in [1.54, 1.807) is 6.92 Å². The van der Waals surface area contributed by atoms with E-state index >= 15 is 0 Å². The van der Waals surface area contributed by atoms with Crippen LogP contribution in [0.2, 0.25) is 0 Å². The molecule has 136 valence electrons. The molecule has 5 rings (SSSR count). The van der Waals surface area contributed by atoms with Gasteiger partial charge in [0.25, 0.3) is 0 Å². The Kier molecular flexibility index (Phi) is 3.59. The molecule has 0 radical (unpaired) electrons. The zero-order valence-corrected chi connectivity index (χ0v) is 15.4. The van der Waals surface area contributed by atoms with Crippen molar-refractivity contribution in [1.29, 1.82) is 0 Å². The SMILES string of the molecule is CC(=O)N1c2ccc(-c3cnn(C4CC4)c3)c(OC3CC3)c2CCC1C. The molecule has 3 aliphatic rings. The molecule has 1 aromatic carbocycles. The van der Waals surface area contributed by atoms with Crippen LogP contribution in [0, 0.1) is 0 Å². The van der Waals surface area contributed by atoms with Crippen LogP contribution in [0.1, 0.15) is 57.6 Å². The van der Waals surface area contributed by atoms with E-state index < -0.39 is 0 Å². The van der Waals surface area contributed by atoms with Crippen LogP contribution in [-0.4, -0.2) is 27.8 Å². The monoisotopic (exact) mass is 351 g/mol. The van der Waals surface area contributed by atoms with E-state index in [1.165, 1.54) is 18.4 Å². The van der Waals surface area contributed by atoms with Crippen LogP contribution in [0.15, 0.2) is 24.5 Å². The van der Waals surface area contributed by atoms with Gasteiger partial charge in [-0.1, -0.05) is 0 Å². The van der Waals surface area contributed by atoms with Crippen LogP contribution in [-0.2, 0) is 11.2 Å². The fraction of sp³-hybridized carbons (Fsp3) is 0.524. The van der Waals surface area contributed by atoms with Gasteiger partial charge < -0.3 is 9.64 Å². The lowest BCUT2D eigenvalue weighted by molar-refractivity contribution is -0.117. The van der Waals surface area contributed by atoms with E-state index in [-0.39, 0.29) is 11.9 Å². The number of carbonyl (C=O) groups is 1. The number of benzene rings is 1. The molecule has 1 amide bonds. The Morgan fingerprint density at radius 2 is 2.00 bits per heavy atom. The number of anilines is 1. The van der Waals surface area contributed by atoms with Crippen molar-refractivity contribution in [2.24, 2.45) is 0 Å². The highest BCUT2D eigenvalue weighted by atomic mass is 16.5. The van der Waals surface area contributed by atoms with Crippen LogP contribution in [0.4, 0.5) is 5.69 Å². The molecule has 2 fully saturated rings. The standard InChI is InChI=1S/C21H25N3O2/c1-13-3-8-19-20(24(13)14(2)25)10-9-18(21(19)26-17-6-7-17)15-11-22-23(12-15)16-4-5-16/h9-13,16-17H,3-8H2,1-2H3. The minimum atomic E-state index is 0.102. The third-order valence-corrected chi connectivity index (χ3v) is 5.73. The van der Waals surface area contributed by atoms with Gasteiger partial charge >= 0.3 is 0 Å². The summed E-state index contributed by atoms with van der Waals surface area (Å²) < 4.78 is 8.47. The Morgan fingerprint density at radius 3 is 2.69 bits per heavy atom. The predicted octanol–water partition coefficient (Wildman–Crippen LogP) is 4.11. The lowest BCUT2D eigenvalue weighted by Crippen LogP contribution is -2.40. The first-order chi connectivity index (χ1) is 12.6. The van der Waals surface area contributed by atoms with Gasteiger partial charge in [-0.15, -0.1) is 0 Å². The number of fused-ring (bicyclic) bond motifs is 1. The summed E-state index contributed by atoms with van der Waals surface area (Å²) in [6.07, 6.45) is 11.0. The summed E-state index contributed by atoms with van der Waals surface area (Å²) in [6, 6.07) is 5.01. The average molecular weight is 351 g/mol. The highest BCUT2D eigenvalue weighted by molar-refractivity contribution is 5.95. The number of amides is 1. The van der Waals surface area contributed by atoms with Crippen LogP contribution >= 0.6 is 0 Å². The first-order valence-electron chi connectivity index (χ1n) is 9.78. The Labute approximate surface area is 153 Å². The lowest BCUT2D eigenvalue weighted by atomic mass is 9.92. The zero-order chi connectivity index (χ0) is 17.8. The maximum atomic E-state index is 12.2. The van der Waals surface area contributed by atoms with Crippen LogP contribution in [0.3, 0.4) is 0 Å². The van der Waals surface area contributed by atoms with Gasteiger partial charge in [-0.2, -0.15) is 5.10 Å². The molecule has 2 aliphatic carbocycles.